The van der Waals surface area contributed by atoms with Gasteiger partial charge in [0.1, 0.15) is 0 Å². The Morgan fingerprint density at radius 3 is 2.25 bits per heavy atom. The Morgan fingerprint density at radius 2 is 1.65 bits per heavy atom. The van der Waals surface area contributed by atoms with Gasteiger partial charge >= 0.3 is 6.18 Å². The van der Waals surface area contributed by atoms with Crippen LogP contribution >= 0.6 is 0 Å². The lowest BCUT2D eigenvalue weighted by atomic mass is 10.1. The van der Waals surface area contributed by atoms with Gasteiger partial charge in [-0.25, -0.2) is 10.9 Å². The molecule has 104 valence electrons. The summed E-state index contributed by atoms with van der Waals surface area (Å²) in [5.74, 6) is 5.02. The van der Waals surface area contributed by atoms with Crippen LogP contribution in [0.15, 0.2) is 54.6 Å². The molecule has 6 heteroatoms. The zero-order valence-electron chi connectivity index (χ0n) is 10.3. The van der Waals surface area contributed by atoms with Gasteiger partial charge in [-0.05, 0) is 30.3 Å². The molecule has 20 heavy (non-hydrogen) atoms. The molecule has 0 heterocycles. The number of hydrogen-bond donors (Lipinski definition) is 1. The molecule has 2 rings (SSSR count). The van der Waals surface area contributed by atoms with Crippen molar-refractivity contribution in [3.8, 4) is 0 Å². The Balaban J connectivity index is 2.30. The number of hydrazine groups is 1. The predicted octanol–water partition coefficient (Wildman–Crippen LogP) is 3.23. The van der Waals surface area contributed by atoms with Crippen LogP contribution in [0, 0.1) is 0 Å². The number of hydrogen-bond acceptors (Lipinski definition) is 2. The van der Waals surface area contributed by atoms with Crippen LogP contribution in [-0.4, -0.2) is 5.91 Å². The molecule has 3 nitrogen and oxygen atoms in total. The van der Waals surface area contributed by atoms with E-state index in [1.54, 1.807) is 18.2 Å². The Morgan fingerprint density at radius 1 is 1.00 bits per heavy atom. The standard InChI is InChI=1S/C14H11F3N2O/c15-14(16,17)11-7-4-8-12(9-11)19(18)13(20)10-5-2-1-3-6-10/h1-9H,18H2. The summed E-state index contributed by atoms with van der Waals surface area (Å²) in [5.41, 5.74) is -0.576. The van der Waals surface area contributed by atoms with Gasteiger partial charge in [0.05, 0.1) is 11.3 Å². The van der Waals surface area contributed by atoms with E-state index < -0.39 is 17.6 Å². The van der Waals surface area contributed by atoms with E-state index in [2.05, 4.69) is 0 Å². The van der Waals surface area contributed by atoms with E-state index in [0.717, 1.165) is 12.1 Å². The lowest BCUT2D eigenvalue weighted by molar-refractivity contribution is -0.137. The van der Waals surface area contributed by atoms with Crippen molar-refractivity contribution in [2.24, 2.45) is 5.84 Å². The number of anilines is 1. The lowest BCUT2D eigenvalue weighted by Gasteiger charge is -2.18. The van der Waals surface area contributed by atoms with Gasteiger partial charge in [-0.1, -0.05) is 24.3 Å². The van der Waals surface area contributed by atoms with E-state index in [1.165, 1.54) is 24.3 Å². The lowest BCUT2D eigenvalue weighted by Crippen LogP contribution is -2.37. The summed E-state index contributed by atoms with van der Waals surface area (Å²) in [5, 5.41) is 0.699. The summed E-state index contributed by atoms with van der Waals surface area (Å²) < 4.78 is 37.8. The van der Waals surface area contributed by atoms with Crippen LogP contribution in [-0.2, 0) is 6.18 Å². The van der Waals surface area contributed by atoms with Gasteiger partial charge in [-0.15, -0.1) is 0 Å². The Kier molecular flexibility index (Phi) is 3.76. The van der Waals surface area contributed by atoms with E-state index in [-0.39, 0.29) is 5.69 Å². The average molecular weight is 280 g/mol. The fourth-order valence-corrected chi connectivity index (χ4v) is 1.67. The van der Waals surface area contributed by atoms with Crippen LogP contribution < -0.4 is 10.9 Å². The number of halogens is 3. The molecule has 0 atom stereocenters. The number of nitrogens with two attached hydrogens (primary N) is 1. The fourth-order valence-electron chi connectivity index (χ4n) is 1.67. The smallest absolute Gasteiger partial charge is 0.267 e. The van der Waals surface area contributed by atoms with Crippen LogP contribution in [0.25, 0.3) is 0 Å². The predicted molar refractivity (Wildman–Crippen MR) is 68.9 cm³/mol. The summed E-state index contributed by atoms with van der Waals surface area (Å²) in [7, 11) is 0. The summed E-state index contributed by atoms with van der Waals surface area (Å²) >= 11 is 0. The number of carbonyl (C=O) groups excluding carboxylic acids is 1. The summed E-state index contributed by atoms with van der Waals surface area (Å²) in [6, 6.07) is 12.4. The highest BCUT2D eigenvalue weighted by Crippen LogP contribution is 2.31. The first kappa shape index (κ1) is 14.1. The molecule has 0 aliphatic heterocycles. The molecule has 0 radical (unpaired) electrons. The Labute approximate surface area is 113 Å². The monoisotopic (exact) mass is 280 g/mol. The van der Waals surface area contributed by atoms with Crippen molar-refractivity contribution in [3.05, 3.63) is 65.7 Å². The van der Waals surface area contributed by atoms with E-state index in [4.69, 9.17) is 5.84 Å². The first-order chi connectivity index (χ1) is 9.39. The topological polar surface area (TPSA) is 46.3 Å². The second kappa shape index (κ2) is 5.34. The zero-order chi connectivity index (χ0) is 14.8. The largest absolute Gasteiger partial charge is 0.416 e. The van der Waals surface area contributed by atoms with Gasteiger partial charge in [0.2, 0.25) is 0 Å². The average Bonchev–Trinajstić information content (AvgIpc) is 2.46. The minimum absolute atomic E-state index is 0.0197. The molecular formula is C14H11F3N2O. The number of carbonyl (C=O) groups is 1. The summed E-state index contributed by atoms with van der Waals surface area (Å²) in [6.07, 6.45) is -4.48. The number of benzene rings is 2. The van der Waals surface area contributed by atoms with E-state index in [9.17, 15) is 18.0 Å². The highest BCUT2D eigenvalue weighted by molar-refractivity contribution is 6.05. The summed E-state index contributed by atoms with van der Waals surface area (Å²) in [4.78, 5) is 12.0. The molecule has 2 aromatic rings. The minimum atomic E-state index is -4.48. The van der Waals surface area contributed by atoms with Gasteiger partial charge in [0.15, 0.2) is 0 Å². The fraction of sp³-hybridized carbons (Fsp3) is 0.0714. The molecule has 0 fully saturated rings. The SMILES string of the molecule is NN(C(=O)c1ccccc1)c1cccc(C(F)(F)F)c1. The summed E-state index contributed by atoms with van der Waals surface area (Å²) in [6.45, 7) is 0. The van der Waals surface area contributed by atoms with Crippen molar-refractivity contribution >= 4 is 11.6 Å². The van der Waals surface area contributed by atoms with E-state index in [0.29, 0.717) is 10.6 Å². The van der Waals surface area contributed by atoms with Crippen molar-refractivity contribution < 1.29 is 18.0 Å². The molecule has 2 aromatic carbocycles. The van der Waals surface area contributed by atoms with Crippen LogP contribution in [0.1, 0.15) is 15.9 Å². The second-order valence-corrected chi connectivity index (χ2v) is 4.09. The van der Waals surface area contributed by atoms with Crippen LogP contribution in [0.5, 0.6) is 0 Å². The maximum absolute atomic E-state index is 12.6. The van der Waals surface area contributed by atoms with Crippen molar-refractivity contribution in [2.75, 3.05) is 5.01 Å². The quantitative estimate of drug-likeness (QED) is 0.521. The third-order valence-corrected chi connectivity index (χ3v) is 2.69. The van der Waals surface area contributed by atoms with Gasteiger partial charge in [0.25, 0.3) is 5.91 Å². The third kappa shape index (κ3) is 2.97. The van der Waals surface area contributed by atoms with Crippen molar-refractivity contribution in [2.45, 2.75) is 6.18 Å². The Hall–Kier alpha value is -2.34. The molecule has 0 aliphatic carbocycles. The molecule has 1 amide bonds. The van der Waals surface area contributed by atoms with Crippen LogP contribution in [0.2, 0.25) is 0 Å². The van der Waals surface area contributed by atoms with Crippen LogP contribution in [0.3, 0.4) is 0 Å². The molecule has 2 N–H and O–H groups in total. The first-order valence-electron chi connectivity index (χ1n) is 5.71. The molecular weight excluding hydrogens is 269 g/mol. The number of rotatable bonds is 2. The van der Waals surface area contributed by atoms with Crippen molar-refractivity contribution in [1.29, 1.82) is 0 Å². The normalized spacial score (nSPS) is 11.2. The minimum Gasteiger partial charge on any atom is -0.267 e. The van der Waals surface area contributed by atoms with Crippen LogP contribution in [0.4, 0.5) is 18.9 Å². The zero-order valence-corrected chi connectivity index (χ0v) is 10.3. The first-order valence-corrected chi connectivity index (χ1v) is 5.71. The van der Waals surface area contributed by atoms with Gasteiger partial charge in [-0.2, -0.15) is 13.2 Å². The number of amides is 1. The molecule has 0 aromatic heterocycles. The Bertz CT molecular complexity index is 611. The maximum atomic E-state index is 12.6. The molecule has 0 spiro atoms. The third-order valence-electron chi connectivity index (χ3n) is 2.69. The highest BCUT2D eigenvalue weighted by atomic mass is 19.4. The van der Waals surface area contributed by atoms with Gasteiger partial charge in [0, 0.05) is 5.56 Å². The van der Waals surface area contributed by atoms with Gasteiger partial charge in [-0.3, -0.25) is 4.79 Å². The molecule has 0 bridgehead atoms. The van der Waals surface area contributed by atoms with Gasteiger partial charge < -0.3 is 0 Å². The molecule has 0 unspecified atom stereocenters. The van der Waals surface area contributed by atoms with E-state index >= 15 is 0 Å². The number of nitrogens with zero attached hydrogens (tertiary/aromatic N) is 1. The maximum Gasteiger partial charge on any atom is 0.416 e. The second-order valence-electron chi connectivity index (χ2n) is 4.09. The highest BCUT2D eigenvalue weighted by Gasteiger charge is 2.31. The van der Waals surface area contributed by atoms with Crippen molar-refractivity contribution in [3.63, 3.8) is 0 Å². The van der Waals surface area contributed by atoms with E-state index in [1.807, 2.05) is 0 Å². The number of alkyl halides is 3. The molecule has 0 saturated carbocycles. The van der Waals surface area contributed by atoms with Crippen molar-refractivity contribution in [1.82, 2.24) is 0 Å². The molecule has 0 aliphatic rings. The molecule has 0 saturated heterocycles.